The normalized spacial score (nSPS) is 10.7. The highest BCUT2D eigenvalue weighted by atomic mass is 31.0. The van der Waals surface area contributed by atoms with Crippen LogP contribution in [0.1, 0.15) is 11.1 Å². The van der Waals surface area contributed by atoms with Crippen molar-refractivity contribution in [3.8, 4) is 0 Å². The first-order valence-electron chi connectivity index (χ1n) is 3.82. The Balaban J connectivity index is 2.96. The van der Waals surface area contributed by atoms with E-state index in [0.717, 1.165) is 8.19 Å². The Kier molecular flexibility index (Phi) is 1.51. The molecule has 0 bridgehead atoms. The number of hydrogen-bond donors (Lipinski definition) is 0. The van der Waals surface area contributed by atoms with Gasteiger partial charge < -0.3 is 0 Å². The van der Waals surface area contributed by atoms with Crippen molar-refractivity contribution < 1.29 is 0 Å². The third-order valence-electron chi connectivity index (χ3n) is 2.18. The second kappa shape index (κ2) is 2.39. The van der Waals surface area contributed by atoms with Crippen LogP contribution in [0, 0.1) is 13.8 Å². The van der Waals surface area contributed by atoms with E-state index in [1.165, 1.54) is 21.9 Å². The Bertz CT molecular complexity index is 349. The largest absolute Gasteiger partial charge is 0.139 e. The molecule has 0 nitrogen and oxygen atoms in total. The Morgan fingerprint density at radius 1 is 0.909 bits per heavy atom. The maximum absolute atomic E-state index is 2.33. The van der Waals surface area contributed by atoms with Crippen LogP contribution in [0.5, 0.6) is 0 Å². The topological polar surface area (TPSA) is 0 Å². The zero-order chi connectivity index (χ0) is 7.84. The summed E-state index contributed by atoms with van der Waals surface area (Å²) in [5.41, 5.74) is 2.82. The fourth-order valence-corrected chi connectivity index (χ4v) is 2.63. The molecule has 0 saturated carbocycles. The van der Waals surface area contributed by atoms with Crippen molar-refractivity contribution in [3.63, 3.8) is 0 Å². The molecule has 1 heteroatoms. The molecular formula is C10H11P. The van der Waals surface area contributed by atoms with Gasteiger partial charge in [-0.1, -0.05) is 12.1 Å². The van der Waals surface area contributed by atoms with Crippen molar-refractivity contribution in [2.24, 2.45) is 0 Å². The molecule has 0 aliphatic rings. The van der Waals surface area contributed by atoms with Gasteiger partial charge in [-0.15, -0.1) is 8.19 Å². The minimum Gasteiger partial charge on any atom is -0.139 e. The van der Waals surface area contributed by atoms with Crippen molar-refractivity contribution in [1.29, 1.82) is 0 Å². The number of benzene rings is 1. The molecule has 0 N–H and O–H groups in total. The van der Waals surface area contributed by atoms with Gasteiger partial charge in [0.25, 0.3) is 0 Å². The first-order valence-corrected chi connectivity index (χ1v) is 4.97. The van der Waals surface area contributed by atoms with E-state index in [0.29, 0.717) is 0 Å². The summed E-state index contributed by atoms with van der Waals surface area (Å²) in [4.78, 5) is 0. The molecule has 11 heavy (non-hydrogen) atoms. The number of fused-ring (bicyclic) bond motifs is 1. The summed E-state index contributed by atoms with van der Waals surface area (Å²) in [5, 5.41) is 2.92. The van der Waals surface area contributed by atoms with Crippen LogP contribution >= 0.6 is 8.19 Å². The fourth-order valence-electron chi connectivity index (χ4n) is 1.45. The highest BCUT2D eigenvalue weighted by Gasteiger charge is 1.98. The molecule has 0 unspecified atom stereocenters. The van der Waals surface area contributed by atoms with Gasteiger partial charge >= 0.3 is 0 Å². The van der Waals surface area contributed by atoms with Gasteiger partial charge in [0.1, 0.15) is 0 Å². The minimum atomic E-state index is 0.889. The lowest BCUT2D eigenvalue weighted by molar-refractivity contribution is 1.48. The Hall–Kier alpha value is -0.740. The van der Waals surface area contributed by atoms with Crippen LogP contribution in [0.4, 0.5) is 0 Å². The van der Waals surface area contributed by atoms with Crippen LogP contribution in [0.2, 0.25) is 0 Å². The molecule has 2 rings (SSSR count). The molecule has 0 amide bonds. The van der Waals surface area contributed by atoms with Crippen LogP contribution in [-0.4, -0.2) is 0 Å². The van der Waals surface area contributed by atoms with Crippen molar-refractivity contribution in [3.05, 3.63) is 34.9 Å². The molecule has 0 saturated heterocycles. The van der Waals surface area contributed by atoms with Crippen molar-refractivity contribution in [2.75, 3.05) is 0 Å². The van der Waals surface area contributed by atoms with Gasteiger partial charge in [0.15, 0.2) is 0 Å². The predicted molar refractivity (Wildman–Crippen MR) is 52.9 cm³/mol. The average molecular weight is 162 g/mol. The van der Waals surface area contributed by atoms with E-state index in [9.17, 15) is 0 Å². The standard InChI is InChI=1S/C10H11P/c1-7-3-4-8(2)10-6-11-5-9(7)10/h3-6,11H,1-2H3. The van der Waals surface area contributed by atoms with Crippen LogP contribution < -0.4 is 0 Å². The third-order valence-corrected chi connectivity index (χ3v) is 3.09. The summed E-state index contributed by atoms with van der Waals surface area (Å²) < 4.78 is 0. The van der Waals surface area contributed by atoms with Gasteiger partial charge in [-0.25, -0.2) is 0 Å². The van der Waals surface area contributed by atoms with Crippen LogP contribution in [-0.2, 0) is 0 Å². The molecule has 56 valence electrons. The van der Waals surface area contributed by atoms with Gasteiger partial charge in [-0.2, -0.15) is 0 Å². The van der Waals surface area contributed by atoms with Crippen molar-refractivity contribution in [2.45, 2.75) is 13.8 Å². The van der Waals surface area contributed by atoms with E-state index in [1.54, 1.807) is 0 Å². The second-order valence-corrected chi connectivity index (χ2v) is 3.89. The van der Waals surface area contributed by atoms with Crippen LogP contribution in [0.15, 0.2) is 23.7 Å². The predicted octanol–water partition coefficient (Wildman–Crippen LogP) is 3.49. The Morgan fingerprint density at radius 3 is 1.82 bits per heavy atom. The zero-order valence-electron chi connectivity index (χ0n) is 6.81. The van der Waals surface area contributed by atoms with Crippen molar-refractivity contribution in [1.82, 2.24) is 0 Å². The SMILES string of the molecule is Cc1ccc(C)c2c[pH]cc12. The monoisotopic (exact) mass is 162 g/mol. The van der Waals surface area contributed by atoms with Gasteiger partial charge in [0.05, 0.1) is 0 Å². The summed E-state index contributed by atoms with van der Waals surface area (Å²) in [7, 11) is 0.889. The molecule has 0 spiro atoms. The molecule has 1 heterocycles. The quantitative estimate of drug-likeness (QED) is 0.556. The molecule has 0 atom stereocenters. The van der Waals surface area contributed by atoms with E-state index in [4.69, 9.17) is 0 Å². The first kappa shape index (κ1) is 6.94. The maximum atomic E-state index is 2.33. The Labute approximate surface area is 68.3 Å². The van der Waals surface area contributed by atoms with Crippen LogP contribution in [0.3, 0.4) is 0 Å². The minimum absolute atomic E-state index is 0.889. The van der Waals surface area contributed by atoms with Gasteiger partial charge in [-0.3, -0.25) is 0 Å². The molecule has 2 aromatic rings. The molecule has 1 aromatic carbocycles. The molecule has 0 radical (unpaired) electrons. The molecule has 1 aromatic heterocycles. The summed E-state index contributed by atoms with van der Waals surface area (Å²) in [6.07, 6.45) is 0. The van der Waals surface area contributed by atoms with Gasteiger partial charge in [-0.05, 0) is 47.3 Å². The molecule has 0 fully saturated rings. The van der Waals surface area contributed by atoms with E-state index in [2.05, 4.69) is 37.6 Å². The lowest BCUT2D eigenvalue weighted by atomic mass is 10.1. The second-order valence-electron chi connectivity index (χ2n) is 2.98. The summed E-state index contributed by atoms with van der Waals surface area (Å²) in [5.74, 6) is 4.66. The number of rotatable bonds is 0. The van der Waals surface area contributed by atoms with Gasteiger partial charge in [0, 0.05) is 0 Å². The molecule has 0 aliphatic heterocycles. The lowest BCUT2D eigenvalue weighted by Gasteiger charge is -1.98. The summed E-state index contributed by atoms with van der Waals surface area (Å²) in [6.45, 7) is 4.36. The lowest BCUT2D eigenvalue weighted by Crippen LogP contribution is -1.76. The highest BCUT2D eigenvalue weighted by Crippen LogP contribution is 2.27. The average Bonchev–Trinajstić information content (AvgIpc) is 2.45. The molecule has 0 aliphatic carbocycles. The van der Waals surface area contributed by atoms with Crippen LogP contribution in [0.25, 0.3) is 10.8 Å². The third kappa shape index (κ3) is 0.985. The smallest absolute Gasteiger partial charge is 0.0112 e. The van der Waals surface area contributed by atoms with E-state index < -0.39 is 0 Å². The fraction of sp³-hybridized carbons (Fsp3) is 0.200. The first-order chi connectivity index (χ1) is 5.29. The van der Waals surface area contributed by atoms with E-state index in [-0.39, 0.29) is 0 Å². The zero-order valence-corrected chi connectivity index (χ0v) is 7.81. The summed E-state index contributed by atoms with van der Waals surface area (Å²) in [6, 6.07) is 4.41. The van der Waals surface area contributed by atoms with Crippen molar-refractivity contribution >= 4 is 19.0 Å². The summed E-state index contributed by atoms with van der Waals surface area (Å²) >= 11 is 0. The van der Waals surface area contributed by atoms with E-state index in [1.807, 2.05) is 0 Å². The molecular weight excluding hydrogens is 151 g/mol. The van der Waals surface area contributed by atoms with E-state index >= 15 is 0 Å². The van der Waals surface area contributed by atoms with Gasteiger partial charge in [0.2, 0.25) is 0 Å². The number of hydrogen-bond acceptors (Lipinski definition) is 0. The Morgan fingerprint density at radius 2 is 1.36 bits per heavy atom. The number of aryl methyl sites for hydroxylation is 2. The highest BCUT2D eigenvalue weighted by molar-refractivity contribution is 7.29. The maximum Gasteiger partial charge on any atom is -0.0112 e.